The molecule has 0 aliphatic carbocycles. The van der Waals surface area contributed by atoms with Gasteiger partial charge in [0.2, 0.25) is 0 Å². The second-order valence-corrected chi connectivity index (χ2v) is 5.12. The zero-order valence-corrected chi connectivity index (χ0v) is 11.2. The number of nitrogens with zero attached hydrogens (tertiary/aromatic N) is 2. The predicted molar refractivity (Wildman–Crippen MR) is 76.5 cm³/mol. The molecule has 4 heteroatoms. The summed E-state index contributed by atoms with van der Waals surface area (Å²) in [6, 6.07) is 6.12. The van der Waals surface area contributed by atoms with Gasteiger partial charge in [0, 0.05) is 6.54 Å². The Hall–Kier alpha value is -1.68. The fourth-order valence-electron chi connectivity index (χ4n) is 2.84. The van der Waals surface area contributed by atoms with Gasteiger partial charge >= 0.3 is 0 Å². The first-order valence-electron chi connectivity index (χ1n) is 7.00. The van der Waals surface area contributed by atoms with E-state index in [0.717, 1.165) is 48.8 Å². The minimum atomic E-state index is 0.0917. The lowest BCUT2D eigenvalue weighted by molar-refractivity contribution is 0.363. The van der Waals surface area contributed by atoms with Crippen LogP contribution in [0.25, 0.3) is 10.9 Å². The topological polar surface area (TPSA) is 46.9 Å². The van der Waals surface area contributed by atoms with Crippen LogP contribution < -0.4 is 10.9 Å². The van der Waals surface area contributed by atoms with Crippen LogP contribution in [0.5, 0.6) is 0 Å². The summed E-state index contributed by atoms with van der Waals surface area (Å²) in [6.45, 7) is 4.00. The van der Waals surface area contributed by atoms with Gasteiger partial charge in [-0.2, -0.15) is 0 Å². The highest BCUT2D eigenvalue weighted by atomic mass is 16.1. The molecule has 0 saturated carbocycles. The number of aromatic nitrogens is 2. The molecule has 1 aromatic heterocycles. The van der Waals surface area contributed by atoms with E-state index in [-0.39, 0.29) is 11.6 Å². The summed E-state index contributed by atoms with van der Waals surface area (Å²) in [5.41, 5.74) is 2.09. The third-order valence-corrected chi connectivity index (χ3v) is 3.94. The number of aryl methyl sites for hydroxylation is 1. The van der Waals surface area contributed by atoms with Crippen molar-refractivity contribution in [3.05, 3.63) is 40.4 Å². The fourth-order valence-corrected chi connectivity index (χ4v) is 2.84. The molecule has 4 nitrogen and oxygen atoms in total. The van der Waals surface area contributed by atoms with Crippen molar-refractivity contribution in [3.8, 4) is 0 Å². The molecule has 0 amide bonds. The van der Waals surface area contributed by atoms with Crippen LogP contribution in [-0.2, 0) is 6.42 Å². The quantitative estimate of drug-likeness (QED) is 0.893. The molecular weight excluding hydrogens is 238 g/mol. The van der Waals surface area contributed by atoms with Crippen LogP contribution in [0.2, 0.25) is 0 Å². The third kappa shape index (κ3) is 2.16. The molecule has 1 aliphatic rings. The maximum atomic E-state index is 12.6. The average Bonchev–Trinajstić information content (AvgIpc) is 2.48. The molecule has 1 aromatic carbocycles. The van der Waals surface area contributed by atoms with Gasteiger partial charge in [-0.3, -0.25) is 9.36 Å². The van der Waals surface area contributed by atoms with E-state index in [2.05, 4.69) is 17.2 Å². The summed E-state index contributed by atoms with van der Waals surface area (Å²) < 4.78 is 1.80. The molecule has 1 fully saturated rings. The van der Waals surface area contributed by atoms with Gasteiger partial charge in [0.25, 0.3) is 5.56 Å². The summed E-state index contributed by atoms with van der Waals surface area (Å²) in [5.74, 6) is 0. The lowest BCUT2D eigenvalue weighted by Gasteiger charge is -2.24. The number of para-hydroxylation sites is 1. The standard InChI is InChI=1S/C15H19N3O/c1-2-11-5-3-7-13-14(11)17-10-18(15(13)19)12-6-4-8-16-9-12/h3,5,7,10,12,16H,2,4,6,8-9H2,1H3. The predicted octanol–water partition coefficient (Wildman–Crippen LogP) is 1.88. The Bertz CT molecular complexity index is 641. The van der Waals surface area contributed by atoms with Crippen LogP contribution in [0.4, 0.5) is 0 Å². The Kier molecular flexibility index (Phi) is 3.34. The minimum Gasteiger partial charge on any atom is -0.315 e. The Morgan fingerprint density at radius 2 is 2.37 bits per heavy atom. The molecule has 2 heterocycles. The molecule has 1 saturated heterocycles. The van der Waals surface area contributed by atoms with E-state index in [9.17, 15) is 4.79 Å². The Morgan fingerprint density at radius 1 is 1.47 bits per heavy atom. The zero-order chi connectivity index (χ0) is 13.2. The van der Waals surface area contributed by atoms with Crippen molar-refractivity contribution in [2.24, 2.45) is 0 Å². The van der Waals surface area contributed by atoms with E-state index in [1.54, 1.807) is 10.9 Å². The molecule has 1 aliphatic heterocycles. The van der Waals surface area contributed by atoms with E-state index in [4.69, 9.17) is 0 Å². The van der Waals surface area contributed by atoms with Gasteiger partial charge in [0.1, 0.15) is 0 Å². The molecule has 1 unspecified atom stereocenters. The van der Waals surface area contributed by atoms with Gasteiger partial charge < -0.3 is 5.32 Å². The van der Waals surface area contributed by atoms with Gasteiger partial charge in [-0.05, 0) is 37.4 Å². The van der Waals surface area contributed by atoms with Gasteiger partial charge in [-0.25, -0.2) is 4.98 Å². The molecule has 100 valence electrons. The van der Waals surface area contributed by atoms with Crippen molar-refractivity contribution >= 4 is 10.9 Å². The minimum absolute atomic E-state index is 0.0917. The molecule has 1 N–H and O–H groups in total. The molecule has 0 radical (unpaired) electrons. The normalized spacial score (nSPS) is 19.7. The maximum Gasteiger partial charge on any atom is 0.261 e. The summed E-state index contributed by atoms with van der Waals surface area (Å²) in [7, 11) is 0. The number of fused-ring (bicyclic) bond motifs is 1. The number of nitrogens with one attached hydrogen (secondary N) is 1. The largest absolute Gasteiger partial charge is 0.315 e. The lowest BCUT2D eigenvalue weighted by Crippen LogP contribution is -2.36. The molecule has 0 bridgehead atoms. The van der Waals surface area contributed by atoms with Crippen molar-refractivity contribution in [3.63, 3.8) is 0 Å². The van der Waals surface area contributed by atoms with Crippen LogP contribution in [0.3, 0.4) is 0 Å². The van der Waals surface area contributed by atoms with Crippen molar-refractivity contribution in [1.82, 2.24) is 14.9 Å². The number of hydrogen-bond acceptors (Lipinski definition) is 3. The summed E-state index contributed by atoms with van der Waals surface area (Å²) in [5, 5.41) is 4.09. The van der Waals surface area contributed by atoms with Crippen LogP contribution in [0, 0.1) is 0 Å². The van der Waals surface area contributed by atoms with E-state index >= 15 is 0 Å². The highest BCUT2D eigenvalue weighted by molar-refractivity contribution is 5.80. The number of piperidine rings is 1. The maximum absolute atomic E-state index is 12.6. The molecule has 3 rings (SSSR count). The van der Waals surface area contributed by atoms with E-state index in [0.29, 0.717) is 0 Å². The molecule has 19 heavy (non-hydrogen) atoms. The third-order valence-electron chi connectivity index (χ3n) is 3.94. The second kappa shape index (κ2) is 5.13. The summed E-state index contributed by atoms with van der Waals surface area (Å²) >= 11 is 0. The molecule has 0 spiro atoms. The van der Waals surface area contributed by atoms with Crippen LogP contribution >= 0.6 is 0 Å². The molecular formula is C15H19N3O. The smallest absolute Gasteiger partial charge is 0.261 e. The first kappa shape index (κ1) is 12.4. The van der Waals surface area contributed by atoms with Crippen LogP contribution in [0.1, 0.15) is 31.4 Å². The van der Waals surface area contributed by atoms with E-state index in [1.807, 2.05) is 18.2 Å². The van der Waals surface area contributed by atoms with Gasteiger partial charge in [-0.15, -0.1) is 0 Å². The average molecular weight is 257 g/mol. The van der Waals surface area contributed by atoms with Gasteiger partial charge in [-0.1, -0.05) is 19.1 Å². The second-order valence-electron chi connectivity index (χ2n) is 5.12. The first-order valence-corrected chi connectivity index (χ1v) is 7.00. The number of rotatable bonds is 2. The monoisotopic (exact) mass is 257 g/mol. The Balaban J connectivity index is 2.13. The molecule has 1 atom stereocenters. The van der Waals surface area contributed by atoms with Crippen LogP contribution in [0.15, 0.2) is 29.3 Å². The van der Waals surface area contributed by atoms with E-state index < -0.39 is 0 Å². The van der Waals surface area contributed by atoms with Gasteiger partial charge in [0.15, 0.2) is 0 Å². The van der Waals surface area contributed by atoms with Gasteiger partial charge in [0.05, 0.1) is 23.3 Å². The van der Waals surface area contributed by atoms with E-state index in [1.165, 1.54) is 0 Å². The summed E-state index contributed by atoms with van der Waals surface area (Å²) in [6.07, 6.45) is 4.79. The summed E-state index contributed by atoms with van der Waals surface area (Å²) in [4.78, 5) is 17.1. The fraction of sp³-hybridized carbons (Fsp3) is 0.467. The van der Waals surface area contributed by atoms with Crippen molar-refractivity contribution in [2.45, 2.75) is 32.2 Å². The van der Waals surface area contributed by atoms with Crippen LogP contribution in [-0.4, -0.2) is 22.6 Å². The zero-order valence-electron chi connectivity index (χ0n) is 11.2. The molecule has 2 aromatic rings. The van der Waals surface area contributed by atoms with Crippen molar-refractivity contribution in [1.29, 1.82) is 0 Å². The number of benzene rings is 1. The highest BCUT2D eigenvalue weighted by Crippen LogP contribution is 2.17. The van der Waals surface area contributed by atoms with Crippen molar-refractivity contribution in [2.75, 3.05) is 13.1 Å². The first-order chi connectivity index (χ1) is 9.31. The number of hydrogen-bond donors (Lipinski definition) is 1. The Labute approximate surface area is 112 Å². The highest BCUT2D eigenvalue weighted by Gasteiger charge is 2.17. The van der Waals surface area contributed by atoms with Crippen molar-refractivity contribution < 1.29 is 0 Å². The SMILES string of the molecule is CCc1cccc2c(=O)n(C3CCCNC3)cnc12. The lowest BCUT2D eigenvalue weighted by atomic mass is 10.1. The Morgan fingerprint density at radius 3 is 3.11 bits per heavy atom.